The summed E-state index contributed by atoms with van der Waals surface area (Å²) in [4.78, 5) is 14.5. The number of hydrogen-bond acceptors (Lipinski definition) is 4. The first-order valence-electron chi connectivity index (χ1n) is 8.59. The number of rotatable bonds is 6. The highest BCUT2D eigenvalue weighted by atomic mass is 16.5. The predicted molar refractivity (Wildman–Crippen MR) is 94.8 cm³/mol. The lowest BCUT2D eigenvalue weighted by Gasteiger charge is -2.28. The van der Waals surface area contributed by atoms with E-state index in [1.165, 1.54) is 5.56 Å². The second-order valence-electron chi connectivity index (χ2n) is 6.57. The van der Waals surface area contributed by atoms with E-state index >= 15 is 0 Å². The maximum absolute atomic E-state index is 12.7. The van der Waals surface area contributed by atoms with Gasteiger partial charge in [-0.1, -0.05) is 0 Å². The maximum Gasteiger partial charge on any atom is 0.229 e. The minimum absolute atomic E-state index is 0.136. The van der Waals surface area contributed by atoms with Crippen LogP contribution in [-0.4, -0.2) is 47.9 Å². The number of carbonyl (C=O) groups is 1. The van der Waals surface area contributed by atoms with Gasteiger partial charge in [-0.3, -0.25) is 9.48 Å². The van der Waals surface area contributed by atoms with Gasteiger partial charge in [-0.2, -0.15) is 5.10 Å². The molecule has 1 aliphatic rings. The molecule has 1 aromatic heterocycles. The number of methoxy groups -OCH3 is 1. The number of aromatic nitrogens is 2. The van der Waals surface area contributed by atoms with Crippen molar-refractivity contribution in [2.45, 2.75) is 19.3 Å². The number of carbonyl (C=O) groups excluding carboxylic acids is 1. The molecule has 6 heteroatoms. The molecule has 1 atom stereocenters. The first-order chi connectivity index (χ1) is 12.1. The van der Waals surface area contributed by atoms with Crippen LogP contribution in [0, 0.1) is 5.92 Å². The SMILES string of the molecule is COc1ccc2c(c1)C[C@H](C(=O)N(C)CCCc1cnn(C)c1)CO2. The summed E-state index contributed by atoms with van der Waals surface area (Å²) in [7, 11) is 5.42. The second-order valence-corrected chi connectivity index (χ2v) is 6.57. The lowest BCUT2D eigenvalue weighted by molar-refractivity contribution is -0.135. The maximum atomic E-state index is 12.7. The number of amides is 1. The zero-order valence-corrected chi connectivity index (χ0v) is 15.1. The average molecular weight is 343 g/mol. The topological polar surface area (TPSA) is 56.6 Å². The zero-order chi connectivity index (χ0) is 17.8. The van der Waals surface area contributed by atoms with Crippen LogP contribution in [0.4, 0.5) is 0 Å². The first kappa shape index (κ1) is 17.3. The van der Waals surface area contributed by atoms with Crippen LogP contribution in [0.15, 0.2) is 30.6 Å². The summed E-state index contributed by atoms with van der Waals surface area (Å²) in [5.41, 5.74) is 2.23. The highest BCUT2D eigenvalue weighted by molar-refractivity contribution is 5.79. The largest absolute Gasteiger partial charge is 0.497 e. The molecule has 0 radical (unpaired) electrons. The fourth-order valence-electron chi connectivity index (χ4n) is 3.20. The van der Waals surface area contributed by atoms with Crippen LogP contribution in [0.25, 0.3) is 0 Å². The molecule has 0 saturated carbocycles. The molecule has 1 amide bonds. The molecule has 0 fully saturated rings. The van der Waals surface area contributed by atoms with Crippen molar-refractivity contribution in [1.82, 2.24) is 14.7 Å². The fraction of sp³-hybridized carbons (Fsp3) is 0.474. The highest BCUT2D eigenvalue weighted by Gasteiger charge is 2.28. The molecule has 0 bridgehead atoms. The Morgan fingerprint density at radius 3 is 3.04 bits per heavy atom. The molecule has 2 aromatic rings. The van der Waals surface area contributed by atoms with Crippen LogP contribution < -0.4 is 9.47 Å². The molecule has 1 aromatic carbocycles. The Kier molecular flexibility index (Phi) is 5.26. The average Bonchev–Trinajstić information content (AvgIpc) is 3.05. The Labute approximate surface area is 148 Å². The van der Waals surface area contributed by atoms with Gasteiger partial charge in [0.1, 0.15) is 18.1 Å². The van der Waals surface area contributed by atoms with Crippen molar-refractivity contribution in [2.24, 2.45) is 13.0 Å². The van der Waals surface area contributed by atoms with Gasteiger partial charge < -0.3 is 14.4 Å². The first-order valence-corrected chi connectivity index (χ1v) is 8.59. The van der Waals surface area contributed by atoms with Crippen LogP contribution >= 0.6 is 0 Å². The molecule has 2 heterocycles. The lowest BCUT2D eigenvalue weighted by Crippen LogP contribution is -2.39. The van der Waals surface area contributed by atoms with Crippen molar-refractivity contribution in [3.05, 3.63) is 41.7 Å². The summed E-state index contributed by atoms with van der Waals surface area (Å²) >= 11 is 0. The van der Waals surface area contributed by atoms with Crippen LogP contribution in [0.1, 0.15) is 17.5 Å². The molecule has 0 N–H and O–H groups in total. The number of benzene rings is 1. The summed E-state index contributed by atoms with van der Waals surface area (Å²) in [6.07, 6.45) is 6.43. The van der Waals surface area contributed by atoms with E-state index in [0.717, 1.165) is 36.4 Å². The quantitative estimate of drug-likeness (QED) is 0.806. The summed E-state index contributed by atoms with van der Waals surface area (Å²) < 4.78 is 12.8. The standard InChI is InChI=1S/C19H25N3O3/c1-21(8-4-5-14-11-20-22(2)12-14)19(23)16-9-15-10-17(24-3)6-7-18(15)25-13-16/h6-7,10-12,16H,4-5,8-9,13H2,1-3H3/t16-/m0/s1. The number of nitrogens with zero attached hydrogens (tertiary/aromatic N) is 3. The Morgan fingerprint density at radius 2 is 2.32 bits per heavy atom. The summed E-state index contributed by atoms with van der Waals surface area (Å²) in [5.74, 6) is 1.65. The molecular weight excluding hydrogens is 318 g/mol. The van der Waals surface area contributed by atoms with Gasteiger partial charge in [-0.05, 0) is 48.6 Å². The lowest BCUT2D eigenvalue weighted by atomic mass is 9.95. The van der Waals surface area contributed by atoms with Crippen molar-refractivity contribution >= 4 is 5.91 Å². The monoisotopic (exact) mass is 343 g/mol. The summed E-state index contributed by atoms with van der Waals surface area (Å²) in [5, 5.41) is 4.17. The van der Waals surface area contributed by atoms with Crippen molar-refractivity contribution in [3.63, 3.8) is 0 Å². The smallest absolute Gasteiger partial charge is 0.229 e. The zero-order valence-electron chi connectivity index (χ0n) is 15.1. The molecular formula is C19H25N3O3. The normalized spacial score (nSPS) is 16.0. The van der Waals surface area contributed by atoms with Gasteiger partial charge in [0.2, 0.25) is 5.91 Å². The Morgan fingerprint density at radius 1 is 1.48 bits per heavy atom. The fourth-order valence-corrected chi connectivity index (χ4v) is 3.20. The third-order valence-corrected chi connectivity index (χ3v) is 4.62. The third kappa shape index (κ3) is 4.13. The minimum atomic E-state index is -0.136. The summed E-state index contributed by atoms with van der Waals surface area (Å²) in [6.45, 7) is 1.17. The molecule has 134 valence electrons. The van der Waals surface area contributed by atoms with Crippen molar-refractivity contribution < 1.29 is 14.3 Å². The van der Waals surface area contributed by atoms with E-state index in [9.17, 15) is 4.79 Å². The molecule has 0 saturated heterocycles. The molecule has 0 unspecified atom stereocenters. The van der Waals surface area contributed by atoms with E-state index in [2.05, 4.69) is 5.10 Å². The highest BCUT2D eigenvalue weighted by Crippen LogP contribution is 2.31. The van der Waals surface area contributed by atoms with E-state index in [1.54, 1.807) is 11.8 Å². The van der Waals surface area contributed by atoms with E-state index < -0.39 is 0 Å². The van der Waals surface area contributed by atoms with Gasteiger partial charge in [0, 0.05) is 26.8 Å². The molecule has 0 spiro atoms. The molecule has 3 rings (SSSR count). The van der Waals surface area contributed by atoms with E-state index in [4.69, 9.17) is 9.47 Å². The molecule has 0 aliphatic carbocycles. The van der Waals surface area contributed by atoms with Crippen molar-refractivity contribution in [2.75, 3.05) is 27.3 Å². The van der Waals surface area contributed by atoms with Gasteiger partial charge in [0.05, 0.1) is 19.2 Å². The van der Waals surface area contributed by atoms with Gasteiger partial charge >= 0.3 is 0 Å². The van der Waals surface area contributed by atoms with Gasteiger partial charge in [-0.25, -0.2) is 0 Å². The number of aryl methyl sites for hydroxylation is 2. The van der Waals surface area contributed by atoms with Crippen molar-refractivity contribution in [3.8, 4) is 11.5 Å². The number of fused-ring (bicyclic) bond motifs is 1. The second kappa shape index (κ2) is 7.59. The Hall–Kier alpha value is -2.50. The Balaban J connectivity index is 1.53. The van der Waals surface area contributed by atoms with Crippen LogP contribution in [0.3, 0.4) is 0 Å². The number of ether oxygens (including phenoxy) is 2. The Bertz CT molecular complexity index is 741. The van der Waals surface area contributed by atoms with Gasteiger partial charge in [0.25, 0.3) is 0 Å². The number of hydrogen-bond donors (Lipinski definition) is 0. The molecule has 1 aliphatic heterocycles. The van der Waals surface area contributed by atoms with Crippen LogP contribution in [0.2, 0.25) is 0 Å². The predicted octanol–water partition coefficient (Wildman–Crippen LogP) is 2.07. The van der Waals surface area contributed by atoms with E-state index in [1.807, 2.05) is 49.6 Å². The van der Waals surface area contributed by atoms with Crippen LogP contribution in [-0.2, 0) is 24.7 Å². The third-order valence-electron chi connectivity index (χ3n) is 4.62. The molecule has 6 nitrogen and oxygen atoms in total. The van der Waals surface area contributed by atoms with Crippen LogP contribution in [0.5, 0.6) is 11.5 Å². The van der Waals surface area contributed by atoms with E-state index in [-0.39, 0.29) is 11.8 Å². The van der Waals surface area contributed by atoms with Crippen molar-refractivity contribution in [1.29, 1.82) is 0 Å². The molecule has 25 heavy (non-hydrogen) atoms. The van der Waals surface area contributed by atoms with Gasteiger partial charge in [-0.15, -0.1) is 0 Å². The van der Waals surface area contributed by atoms with Gasteiger partial charge in [0.15, 0.2) is 0 Å². The van der Waals surface area contributed by atoms with E-state index in [0.29, 0.717) is 13.0 Å². The minimum Gasteiger partial charge on any atom is -0.497 e. The summed E-state index contributed by atoms with van der Waals surface area (Å²) in [6, 6.07) is 5.75.